The van der Waals surface area contributed by atoms with Gasteiger partial charge in [0.25, 0.3) is 11.8 Å². The van der Waals surface area contributed by atoms with Crippen LogP contribution in [0.1, 0.15) is 40.7 Å². The van der Waals surface area contributed by atoms with Crippen molar-refractivity contribution in [2.24, 2.45) is 0 Å². The second-order valence-electron chi connectivity index (χ2n) is 7.00. The standard InChI is InChI=1S/C23H26N2O3/c1-17-6-10-19(11-7-17)22(26)24-21(23(27)25-14-4-3-5-15-25)16-18-8-12-20(28-2)13-9-18/h6-13,16H,3-5,14-15H2,1-2H3,(H,24,26)/b21-16+. The van der Waals surface area contributed by atoms with Crippen LogP contribution in [0.25, 0.3) is 6.08 Å². The highest BCUT2D eigenvalue weighted by molar-refractivity contribution is 6.05. The molecule has 2 amide bonds. The van der Waals surface area contributed by atoms with Gasteiger partial charge in [-0.2, -0.15) is 0 Å². The molecular weight excluding hydrogens is 352 g/mol. The zero-order valence-electron chi connectivity index (χ0n) is 16.4. The Morgan fingerprint density at radius 1 is 0.964 bits per heavy atom. The number of carbonyl (C=O) groups excluding carboxylic acids is 2. The maximum Gasteiger partial charge on any atom is 0.270 e. The third-order valence-corrected chi connectivity index (χ3v) is 4.86. The highest BCUT2D eigenvalue weighted by Gasteiger charge is 2.22. The Balaban J connectivity index is 1.86. The molecule has 1 aliphatic heterocycles. The maximum absolute atomic E-state index is 13.1. The second kappa shape index (κ2) is 9.22. The number of nitrogens with one attached hydrogen (secondary N) is 1. The lowest BCUT2D eigenvalue weighted by Gasteiger charge is -2.27. The van der Waals surface area contributed by atoms with Crippen LogP contribution in [0.4, 0.5) is 0 Å². The van der Waals surface area contributed by atoms with Crippen LogP contribution in [-0.2, 0) is 4.79 Å². The van der Waals surface area contributed by atoms with Crippen LogP contribution in [0.3, 0.4) is 0 Å². The number of piperidine rings is 1. The number of rotatable bonds is 5. The lowest BCUT2D eigenvalue weighted by Crippen LogP contribution is -2.41. The van der Waals surface area contributed by atoms with Gasteiger partial charge in [-0.05, 0) is 62.1 Å². The molecular formula is C23H26N2O3. The smallest absolute Gasteiger partial charge is 0.270 e. The van der Waals surface area contributed by atoms with Gasteiger partial charge in [0.1, 0.15) is 11.4 Å². The number of nitrogens with zero attached hydrogens (tertiary/aromatic N) is 1. The predicted molar refractivity (Wildman–Crippen MR) is 110 cm³/mol. The van der Waals surface area contributed by atoms with Gasteiger partial charge in [-0.3, -0.25) is 9.59 Å². The summed E-state index contributed by atoms with van der Waals surface area (Å²) in [6.45, 7) is 3.41. The predicted octanol–water partition coefficient (Wildman–Crippen LogP) is 3.79. The summed E-state index contributed by atoms with van der Waals surface area (Å²) in [5.41, 5.74) is 2.72. The van der Waals surface area contributed by atoms with Crippen LogP contribution in [-0.4, -0.2) is 36.9 Å². The topological polar surface area (TPSA) is 58.6 Å². The fraction of sp³-hybridized carbons (Fsp3) is 0.304. The molecule has 0 bridgehead atoms. The highest BCUT2D eigenvalue weighted by Crippen LogP contribution is 2.17. The molecule has 0 saturated carbocycles. The number of ether oxygens (including phenoxy) is 1. The molecule has 0 radical (unpaired) electrons. The average Bonchev–Trinajstić information content (AvgIpc) is 2.74. The Kier molecular flexibility index (Phi) is 6.48. The van der Waals surface area contributed by atoms with Crippen LogP contribution < -0.4 is 10.1 Å². The Labute approximate surface area is 166 Å². The van der Waals surface area contributed by atoms with Crippen molar-refractivity contribution in [1.29, 1.82) is 0 Å². The van der Waals surface area contributed by atoms with E-state index in [0.29, 0.717) is 5.56 Å². The molecule has 0 atom stereocenters. The van der Waals surface area contributed by atoms with E-state index in [-0.39, 0.29) is 17.5 Å². The zero-order chi connectivity index (χ0) is 19.9. The number of aryl methyl sites for hydroxylation is 1. The van der Waals surface area contributed by atoms with E-state index in [1.54, 1.807) is 25.3 Å². The van der Waals surface area contributed by atoms with Crippen molar-refractivity contribution < 1.29 is 14.3 Å². The van der Waals surface area contributed by atoms with Gasteiger partial charge in [-0.1, -0.05) is 29.8 Å². The van der Waals surface area contributed by atoms with Crippen molar-refractivity contribution >= 4 is 17.9 Å². The molecule has 5 heteroatoms. The van der Waals surface area contributed by atoms with Gasteiger partial charge in [0.15, 0.2) is 0 Å². The van der Waals surface area contributed by atoms with Gasteiger partial charge in [0, 0.05) is 18.7 Å². The average molecular weight is 378 g/mol. The minimum atomic E-state index is -0.287. The molecule has 0 aromatic heterocycles. The van der Waals surface area contributed by atoms with Crippen LogP contribution >= 0.6 is 0 Å². The number of hydrogen-bond donors (Lipinski definition) is 1. The summed E-state index contributed by atoms with van der Waals surface area (Å²) in [6.07, 6.45) is 4.85. The van der Waals surface area contributed by atoms with E-state index >= 15 is 0 Å². The van der Waals surface area contributed by atoms with Crippen molar-refractivity contribution in [2.75, 3.05) is 20.2 Å². The van der Waals surface area contributed by atoms with Crippen LogP contribution in [0.5, 0.6) is 5.75 Å². The third-order valence-electron chi connectivity index (χ3n) is 4.86. The van der Waals surface area contributed by atoms with E-state index in [2.05, 4.69) is 5.32 Å². The summed E-state index contributed by atoms with van der Waals surface area (Å²) in [7, 11) is 1.61. The molecule has 3 rings (SSSR count). The third kappa shape index (κ3) is 5.00. The summed E-state index contributed by atoms with van der Waals surface area (Å²) >= 11 is 0. The van der Waals surface area contributed by atoms with Gasteiger partial charge in [-0.15, -0.1) is 0 Å². The van der Waals surface area contributed by atoms with E-state index in [4.69, 9.17) is 4.74 Å². The quantitative estimate of drug-likeness (QED) is 0.806. The molecule has 2 aromatic rings. The summed E-state index contributed by atoms with van der Waals surface area (Å²) in [6, 6.07) is 14.7. The molecule has 0 spiro atoms. The molecule has 146 valence electrons. The summed E-state index contributed by atoms with van der Waals surface area (Å²) < 4.78 is 5.18. The van der Waals surface area contributed by atoms with E-state index in [9.17, 15) is 9.59 Å². The fourth-order valence-electron chi connectivity index (χ4n) is 3.18. The molecule has 0 aliphatic carbocycles. The normalized spacial score (nSPS) is 14.5. The molecule has 1 aliphatic rings. The number of amides is 2. The lowest BCUT2D eigenvalue weighted by molar-refractivity contribution is -0.128. The highest BCUT2D eigenvalue weighted by atomic mass is 16.5. The lowest BCUT2D eigenvalue weighted by atomic mass is 10.1. The first kappa shape index (κ1) is 19.7. The molecule has 5 nitrogen and oxygen atoms in total. The largest absolute Gasteiger partial charge is 0.497 e. The van der Waals surface area contributed by atoms with Crippen molar-refractivity contribution in [2.45, 2.75) is 26.2 Å². The SMILES string of the molecule is COc1ccc(/C=C(/NC(=O)c2ccc(C)cc2)C(=O)N2CCCCC2)cc1. The van der Waals surface area contributed by atoms with E-state index < -0.39 is 0 Å². The van der Waals surface area contributed by atoms with Gasteiger partial charge in [0.2, 0.25) is 0 Å². The number of likely N-dealkylation sites (tertiary alicyclic amines) is 1. The van der Waals surface area contributed by atoms with Gasteiger partial charge < -0.3 is 15.0 Å². The molecule has 1 heterocycles. The van der Waals surface area contributed by atoms with Crippen LogP contribution in [0, 0.1) is 6.92 Å². The van der Waals surface area contributed by atoms with Crippen LogP contribution in [0.2, 0.25) is 0 Å². The first-order valence-corrected chi connectivity index (χ1v) is 9.60. The van der Waals surface area contributed by atoms with Gasteiger partial charge in [0.05, 0.1) is 7.11 Å². The number of hydrogen-bond acceptors (Lipinski definition) is 3. The summed E-state index contributed by atoms with van der Waals surface area (Å²) in [5, 5.41) is 2.83. The van der Waals surface area contributed by atoms with Gasteiger partial charge in [-0.25, -0.2) is 0 Å². The zero-order valence-corrected chi connectivity index (χ0v) is 16.4. The minimum absolute atomic E-state index is 0.143. The molecule has 1 saturated heterocycles. The summed E-state index contributed by atoms with van der Waals surface area (Å²) in [5.74, 6) is 0.311. The Bertz CT molecular complexity index is 848. The van der Waals surface area contributed by atoms with E-state index in [1.807, 2.05) is 48.2 Å². The van der Waals surface area contributed by atoms with E-state index in [1.165, 1.54) is 0 Å². The second-order valence-corrected chi connectivity index (χ2v) is 7.00. The Hall–Kier alpha value is -3.08. The first-order chi connectivity index (χ1) is 13.6. The number of methoxy groups -OCH3 is 1. The van der Waals surface area contributed by atoms with Crippen LogP contribution in [0.15, 0.2) is 54.2 Å². The maximum atomic E-state index is 13.1. The first-order valence-electron chi connectivity index (χ1n) is 9.60. The van der Waals surface area contributed by atoms with Crippen molar-refractivity contribution in [3.8, 4) is 5.75 Å². The van der Waals surface area contributed by atoms with Crippen molar-refractivity contribution in [3.63, 3.8) is 0 Å². The van der Waals surface area contributed by atoms with Crippen molar-refractivity contribution in [1.82, 2.24) is 10.2 Å². The number of benzene rings is 2. The monoisotopic (exact) mass is 378 g/mol. The molecule has 28 heavy (non-hydrogen) atoms. The Morgan fingerprint density at radius 2 is 1.61 bits per heavy atom. The molecule has 1 N–H and O–H groups in total. The minimum Gasteiger partial charge on any atom is -0.497 e. The van der Waals surface area contributed by atoms with E-state index in [0.717, 1.165) is 49.2 Å². The van der Waals surface area contributed by atoms with Gasteiger partial charge >= 0.3 is 0 Å². The summed E-state index contributed by atoms with van der Waals surface area (Å²) in [4.78, 5) is 27.6. The number of carbonyl (C=O) groups is 2. The molecule has 1 fully saturated rings. The fourth-order valence-corrected chi connectivity index (χ4v) is 3.18. The Morgan fingerprint density at radius 3 is 2.21 bits per heavy atom. The molecule has 2 aromatic carbocycles. The van der Waals surface area contributed by atoms with Crippen molar-refractivity contribution in [3.05, 3.63) is 70.9 Å². The molecule has 0 unspecified atom stereocenters.